The highest BCUT2D eigenvalue weighted by molar-refractivity contribution is 9.10. The summed E-state index contributed by atoms with van der Waals surface area (Å²) < 4.78 is 0.802. The van der Waals surface area contributed by atoms with Crippen LogP contribution in [0.5, 0.6) is 0 Å². The van der Waals surface area contributed by atoms with E-state index in [0.717, 1.165) is 29.2 Å². The molecular weight excluding hydrogens is 320 g/mol. The lowest BCUT2D eigenvalue weighted by atomic mass is 10.2. The maximum atomic E-state index is 9.98. The lowest BCUT2D eigenvalue weighted by Gasteiger charge is -2.28. The average molecular weight is 343 g/mol. The molecule has 0 amide bonds. The van der Waals surface area contributed by atoms with Crippen molar-refractivity contribution in [3.05, 3.63) is 16.5 Å². The molecule has 1 saturated heterocycles. The molecule has 1 aliphatic rings. The summed E-state index contributed by atoms with van der Waals surface area (Å²) in [6.45, 7) is 5.72. The molecule has 2 heterocycles. The number of β-amino-alcohol motifs (C(OH)–C–C–N with tert-alkyl or cyclic N) is 1. The Balaban J connectivity index is 2.28. The van der Waals surface area contributed by atoms with Gasteiger partial charge in [-0.05, 0) is 36.4 Å². The van der Waals surface area contributed by atoms with Crippen LogP contribution in [0.2, 0.25) is 0 Å². The highest BCUT2D eigenvalue weighted by Gasteiger charge is 2.32. The van der Waals surface area contributed by atoms with Crippen molar-refractivity contribution in [2.45, 2.75) is 38.3 Å². The van der Waals surface area contributed by atoms with E-state index in [4.69, 9.17) is 0 Å². The zero-order valence-electron chi connectivity index (χ0n) is 12.5. The normalized spacial score (nSPS) is 23.1. The lowest BCUT2D eigenvalue weighted by molar-refractivity contribution is 0.191. The summed E-state index contributed by atoms with van der Waals surface area (Å²) in [7, 11) is 4.11. The Morgan fingerprint density at radius 3 is 2.75 bits per heavy atom. The first-order valence-corrected chi connectivity index (χ1v) is 7.80. The van der Waals surface area contributed by atoms with Crippen molar-refractivity contribution < 1.29 is 5.11 Å². The number of likely N-dealkylation sites (N-methyl/N-ethyl adjacent to an activating group) is 1. The molecule has 6 heteroatoms. The molecule has 0 spiro atoms. The first-order valence-electron chi connectivity index (χ1n) is 7.00. The summed E-state index contributed by atoms with van der Waals surface area (Å²) in [6, 6.07) is 2.23. The van der Waals surface area contributed by atoms with Gasteiger partial charge in [-0.25, -0.2) is 9.97 Å². The molecule has 0 aliphatic carbocycles. The topological polar surface area (TPSA) is 52.5 Å². The third kappa shape index (κ3) is 3.68. The monoisotopic (exact) mass is 342 g/mol. The van der Waals surface area contributed by atoms with Crippen LogP contribution in [-0.4, -0.2) is 59.3 Å². The molecule has 1 aromatic rings. The average Bonchev–Trinajstić information content (AvgIpc) is 2.68. The fraction of sp³-hybridized carbons (Fsp3) is 0.714. The Kier molecular flexibility index (Phi) is 4.99. The Morgan fingerprint density at radius 1 is 1.45 bits per heavy atom. The van der Waals surface area contributed by atoms with Crippen LogP contribution < -0.4 is 4.90 Å². The van der Waals surface area contributed by atoms with E-state index in [1.807, 2.05) is 6.07 Å². The lowest BCUT2D eigenvalue weighted by Crippen LogP contribution is -2.38. The molecule has 2 rings (SSSR count). The summed E-state index contributed by atoms with van der Waals surface area (Å²) in [5, 5.41) is 9.98. The van der Waals surface area contributed by atoms with E-state index in [2.05, 4.69) is 63.6 Å². The van der Waals surface area contributed by atoms with Crippen LogP contribution in [0, 0.1) is 0 Å². The summed E-state index contributed by atoms with van der Waals surface area (Å²) >= 11 is 3.46. The van der Waals surface area contributed by atoms with Crippen molar-refractivity contribution in [1.82, 2.24) is 14.9 Å². The molecule has 2 unspecified atom stereocenters. The van der Waals surface area contributed by atoms with E-state index in [-0.39, 0.29) is 12.0 Å². The van der Waals surface area contributed by atoms with Crippen molar-refractivity contribution in [2.75, 3.05) is 32.1 Å². The molecule has 0 aromatic carbocycles. The van der Waals surface area contributed by atoms with Gasteiger partial charge in [0.05, 0.1) is 6.10 Å². The largest absolute Gasteiger partial charge is 0.391 e. The first-order chi connectivity index (χ1) is 9.36. The zero-order chi connectivity index (χ0) is 14.9. The number of aliphatic hydroxyl groups is 1. The van der Waals surface area contributed by atoms with Gasteiger partial charge in [-0.3, -0.25) is 0 Å². The number of rotatable bonds is 4. The molecule has 1 fully saturated rings. The molecule has 0 saturated carbocycles. The van der Waals surface area contributed by atoms with Gasteiger partial charge < -0.3 is 14.9 Å². The minimum atomic E-state index is -0.281. The molecular formula is C14H23BrN4O. The molecule has 112 valence electrons. The predicted molar refractivity (Wildman–Crippen MR) is 84.1 cm³/mol. The zero-order valence-corrected chi connectivity index (χ0v) is 14.1. The van der Waals surface area contributed by atoms with Crippen molar-refractivity contribution in [2.24, 2.45) is 0 Å². The van der Waals surface area contributed by atoms with E-state index in [1.54, 1.807) is 0 Å². The second-order valence-electron chi connectivity index (χ2n) is 6.02. The van der Waals surface area contributed by atoms with Crippen molar-refractivity contribution in [3.8, 4) is 0 Å². The molecule has 0 bridgehead atoms. The number of halogens is 1. The molecule has 5 nitrogen and oxygen atoms in total. The van der Waals surface area contributed by atoms with Crippen LogP contribution >= 0.6 is 15.9 Å². The quantitative estimate of drug-likeness (QED) is 0.846. The Morgan fingerprint density at radius 2 is 2.15 bits per heavy atom. The molecule has 2 atom stereocenters. The van der Waals surface area contributed by atoms with Gasteiger partial charge in [0, 0.05) is 31.1 Å². The van der Waals surface area contributed by atoms with Crippen LogP contribution in [-0.2, 0) is 0 Å². The van der Waals surface area contributed by atoms with Gasteiger partial charge in [-0.2, -0.15) is 0 Å². The highest BCUT2D eigenvalue weighted by atomic mass is 79.9. The SMILES string of the molecule is CC(C)c1nc(Br)cc(N2CC(O)CC2CN(C)C)n1. The van der Waals surface area contributed by atoms with Crippen LogP contribution in [0.25, 0.3) is 0 Å². The van der Waals surface area contributed by atoms with E-state index in [0.29, 0.717) is 12.6 Å². The predicted octanol–water partition coefficient (Wildman–Crippen LogP) is 1.86. The van der Waals surface area contributed by atoms with Crippen LogP contribution in [0.3, 0.4) is 0 Å². The number of aromatic nitrogens is 2. The first kappa shape index (κ1) is 15.7. The smallest absolute Gasteiger partial charge is 0.134 e. The molecule has 1 aromatic heterocycles. The fourth-order valence-electron chi connectivity index (χ4n) is 2.60. The van der Waals surface area contributed by atoms with E-state index < -0.39 is 0 Å². The highest BCUT2D eigenvalue weighted by Crippen LogP contribution is 2.27. The third-order valence-corrected chi connectivity index (χ3v) is 3.88. The van der Waals surface area contributed by atoms with Gasteiger partial charge in [0.25, 0.3) is 0 Å². The molecule has 1 N–H and O–H groups in total. The Labute approximate surface area is 129 Å². The van der Waals surface area contributed by atoms with Gasteiger partial charge in [-0.1, -0.05) is 13.8 Å². The van der Waals surface area contributed by atoms with Crippen LogP contribution in [0.4, 0.5) is 5.82 Å². The van der Waals surface area contributed by atoms with Gasteiger partial charge in [0.15, 0.2) is 0 Å². The van der Waals surface area contributed by atoms with Gasteiger partial charge >= 0.3 is 0 Å². The summed E-state index contributed by atoms with van der Waals surface area (Å²) in [5.41, 5.74) is 0. The number of nitrogens with zero attached hydrogens (tertiary/aromatic N) is 4. The Bertz CT molecular complexity index is 466. The number of anilines is 1. The third-order valence-electron chi connectivity index (χ3n) is 3.48. The number of hydrogen-bond acceptors (Lipinski definition) is 5. The maximum absolute atomic E-state index is 9.98. The molecule has 20 heavy (non-hydrogen) atoms. The summed E-state index contributed by atoms with van der Waals surface area (Å²) in [5.74, 6) is 2.02. The molecule has 1 aliphatic heterocycles. The summed E-state index contributed by atoms with van der Waals surface area (Å²) in [6.07, 6.45) is 0.507. The molecule has 0 radical (unpaired) electrons. The Hall–Kier alpha value is -0.720. The second kappa shape index (κ2) is 6.37. The van der Waals surface area contributed by atoms with E-state index in [1.165, 1.54) is 0 Å². The minimum Gasteiger partial charge on any atom is -0.391 e. The van der Waals surface area contributed by atoms with Gasteiger partial charge in [-0.15, -0.1) is 0 Å². The number of hydrogen-bond donors (Lipinski definition) is 1. The van der Waals surface area contributed by atoms with Crippen molar-refractivity contribution >= 4 is 21.7 Å². The van der Waals surface area contributed by atoms with Crippen molar-refractivity contribution in [3.63, 3.8) is 0 Å². The van der Waals surface area contributed by atoms with Gasteiger partial charge in [0.2, 0.25) is 0 Å². The van der Waals surface area contributed by atoms with Crippen molar-refractivity contribution in [1.29, 1.82) is 0 Å². The van der Waals surface area contributed by atoms with Gasteiger partial charge in [0.1, 0.15) is 16.2 Å². The maximum Gasteiger partial charge on any atom is 0.134 e. The van der Waals surface area contributed by atoms with Crippen LogP contribution in [0.1, 0.15) is 32.0 Å². The second-order valence-corrected chi connectivity index (χ2v) is 6.83. The fourth-order valence-corrected chi connectivity index (χ4v) is 2.98. The summed E-state index contributed by atoms with van der Waals surface area (Å²) in [4.78, 5) is 13.4. The van der Waals surface area contributed by atoms with E-state index >= 15 is 0 Å². The van der Waals surface area contributed by atoms with Crippen LogP contribution in [0.15, 0.2) is 10.7 Å². The van der Waals surface area contributed by atoms with E-state index in [9.17, 15) is 5.11 Å². The number of aliphatic hydroxyl groups excluding tert-OH is 1. The minimum absolute atomic E-state index is 0.281. The standard InChI is InChI=1S/C14H23BrN4O/c1-9(2)14-16-12(15)6-13(17-14)19-8-11(20)5-10(19)7-18(3)4/h6,9-11,20H,5,7-8H2,1-4H3.